The summed E-state index contributed by atoms with van der Waals surface area (Å²) >= 11 is 4.04. The van der Waals surface area contributed by atoms with E-state index in [1.165, 1.54) is 0 Å². The Kier molecular flexibility index (Phi) is 7.07. The number of thiol groups is 1. The predicted molar refractivity (Wildman–Crippen MR) is 70.9 cm³/mol. The fraction of sp³-hybridized carbons (Fsp3) is 0.917. The van der Waals surface area contributed by atoms with Crippen LogP contribution in [0, 0.1) is 5.92 Å². The lowest BCUT2D eigenvalue weighted by molar-refractivity contribution is -0.123. The summed E-state index contributed by atoms with van der Waals surface area (Å²) in [5.74, 6) is 0.911. The molecule has 16 heavy (non-hydrogen) atoms. The van der Waals surface area contributed by atoms with Crippen molar-refractivity contribution >= 4 is 18.5 Å². The van der Waals surface area contributed by atoms with Crippen molar-refractivity contribution in [3.63, 3.8) is 0 Å². The van der Waals surface area contributed by atoms with Gasteiger partial charge in [0.25, 0.3) is 0 Å². The van der Waals surface area contributed by atoms with Crippen LogP contribution < -0.4 is 5.32 Å². The van der Waals surface area contributed by atoms with Gasteiger partial charge in [0.05, 0.1) is 12.7 Å². The highest BCUT2D eigenvalue weighted by molar-refractivity contribution is 7.80. The lowest BCUT2D eigenvalue weighted by Gasteiger charge is -2.33. The van der Waals surface area contributed by atoms with Crippen molar-refractivity contribution in [3.05, 3.63) is 0 Å². The van der Waals surface area contributed by atoms with Gasteiger partial charge < -0.3 is 10.1 Å². The van der Waals surface area contributed by atoms with E-state index < -0.39 is 0 Å². The summed E-state index contributed by atoms with van der Waals surface area (Å²) in [6.45, 7) is 10.8. The molecule has 0 radical (unpaired) electrons. The molecular formula is C12H25NO2S. The molecule has 1 atom stereocenters. The summed E-state index contributed by atoms with van der Waals surface area (Å²) < 4.78 is 5.57. The smallest absolute Gasteiger partial charge is 0.221 e. The van der Waals surface area contributed by atoms with Crippen molar-refractivity contribution < 1.29 is 9.53 Å². The molecule has 1 unspecified atom stereocenters. The van der Waals surface area contributed by atoms with Crippen molar-refractivity contribution in [3.8, 4) is 0 Å². The van der Waals surface area contributed by atoms with Crippen LogP contribution in [-0.4, -0.2) is 29.9 Å². The number of hydrogen-bond acceptors (Lipinski definition) is 3. The third-order valence-electron chi connectivity index (χ3n) is 2.71. The van der Waals surface area contributed by atoms with Gasteiger partial charge in [0.1, 0.15) is 0 Å². The third-order valence-corrected chi connectivity index (χ3v) is 2.94. The maximum Gasteiger partial charge on any atom is 0.221 e. The first kappa shape index (κ1) is 15.8. The minimum atomic E-state index is -0.241. The first-order valence-electron chi connectivity index (χ1n) is 5.83. The summed E-state index contributed by atoms with van der Waals surface area (Å²) in [4.78, 5) is 11.5. The average Bonchev–Trinajstić information content (AvgIpc) is 2.13. The molecule has 0 saturated carbocycles. The summed E-state index contributed by atoms with van der Waals surface area (Å²) in [5.41, 5.74) is -0.241. The molecule has 4 heteroatoms. The maximum absolute atomic E-state index is 11.5. The number of amides is 1. The van der Waals surface area contributed by atoms with Gasteiger partial charge in [-0.05, 0) is 33.4 Å². The fourth-order valence-corrected chi connectivity index (χ4v) is 1.39. The summed E-state index contributed by atoms with van der Waals surface area (Å²) in [5, 5.41) is 3.01. The molecule has 0 aliphatic heterocycles. The molecular weight excluding hydrogens is 222 g/mol. The number of nitrogens with one attached hydrogen (secondary N) is 1. The topological polar surface area (TPSA) is 38.3 Å². The minimum Gasteiger partial charge on any atom is -0.378 e. The normalized spacial score (nSPS) is 13.9. The summed E-state index contributed by atoms with van der Waals surface area (Å²) in [6, 6.07) is 0. The monoisotopic (exact) mass is 247 g/mol. The maximum atomic E-state index is 11.5. The predicted octanol–water partition coefficient (Wildman–Crippen LogP) is 2.26. The zero-order valence-corrected chi connectivity index (χ0v) is 11.9. The van der Waals surface area contributed by atoms with Crippen molar-refractivity contribution in [2.75, 3.05) is 12.4 Å². The van der Waals surface area contributed by atoms with Gasteiger partial charge in [-0.3, -0.25) is 4.79 Å². The molecule has 0 spiro atoms. The molecule has 0 bridgehead atoms. The lowest BCUT2D eigenvalue weighted by Crippen LogP contribution is -2.49. The van der Waals surface area contributed by atoms with Crippen LogP contribution in [0.5, 0.6) is 0 Å². The van der Waals surface area contributed by atoms with E-state index in [2.05, 4.69) is 24.9 Å². The minimum absolute atomic E-state index is 0.0522. The first-order valence-corrected chi connectivity index (χ1v) is 6.46. The second kappa shape index (κ2) is 7.17. The second-order valence-corrected chi connectivity index (χ2v) is 5.47. The van der Waals surface area contributed by atoms with Gasteiger partial charge in [-0.2, -0.15) is 12.6 Å². The van der Waals surface area contributed by atoms with Crippen LogP contribution in [0.15, 0.2) is 0 Å². The molecule has 1 amide bonds. The number of carbonyl (C=O) groups is 1. The number of ether oxygens (including phenoxy) is 1. The van der Waals surface area contributed by atoms with Crippen LogP contribution >= 0.6 is 12.6 Å². The van der Waals surface area contributed by atoms with Gasteiger partial charge in [-0.25, -0.2) is 0 Å². The Bertz CT molecular complexity index is 217. The zero-order chi connectivity index (χ0) is 12.8. The standard InChI is InChI=1S/C12H25NO2S/c1-9(2)15-8-10(3)12(4,5)13-11(14)6-7-16/h9-10,16H,6-8H2,1-5H3,(H,13,14). The molecule has 0 rings (SSSR count). The van der Waals surface area contributed by atoms with Crippen LogP contribution in [-0.2, 0) is 9.53 Å². The summed E-state index contributed by atoms with van der Waals surface area (Å²) in [6.07, 6.45) is 0.691. The Morgan fingerprint density at radius 3 is 2.38 bits per heavy atom. The fourth-order valence-electron chi connectivity index (χ4n) is 1.19. The van der Waals surface area contributed by atoms with Crippen molar-refractivity contribution in [1.29, 1.82) is 0 Å². The van der Waals surface area contributed by atoms with Gasteiger partial charge in [0.15, 0.2) is 0 Å². The Balaban J connectivity index is 4.13. The van der Waals surface area contributed by atoms with Crippen molar-refractivity contribution in [1.82, 2.24) is 5.32 Å². The van der Waals surface area contributed by atoms with Crippen molar-refractivity contribution in [2.24, 2.45) is 5.92 Å². The molecule has 0 aliphatic carbocycles. The largest absolute Gasteiger partial charge is 0.378 e. The van der Waals surface area contributed by atoms with Crippen LogP contribution in [0.4, 0.5) is 0 Å². The van der Waals surface area contributed by atoms with E-state index in [-0.39, 0.29) is 23.5 Å². The van der Waals surface area contributed by atoms with E-state index in [1.807, 2.05) is 27.7 Å². The number of hydrogen-bond donors (Lipinski definition) is 2. The highest BCUT2D eigenvalue weighted by Crippen LogP contribution is 2.17. The Morgan fingerprint density at radius 2 is 1.94 bits per heavy atom. The van der Waals surface area contributed by atoms with E-state index in [0.29, 0.717) is 18.8 Å². The average molecular weight is 247 g/mol. The molecule has 1 N–H and O–H groups in total. The van der Waals surface area contributed by atoms with Crippen molar-refractivity contribution in [2.45, 2.75) is 52.7 Å². The third kappa shape index (κ3) is 6.38. The Hall–Kier alpha value is -0.220. The van der Waals surface area contributed by atoms with E-state index in [9.17, 15) is 4.79 Å². The van der Waals surface area contributed by atoms with Gasteiger partial charge in [0.2, 0.25) is 5.91 Å². The molecule has 0 aromatic carbocycles. The Morgan fingerprint density at radius 1 is 1.38 bits per heavy atom. The van der Waals surface area contributed by atoms with Crippen LogP contribution in [0.3, 0.4) is 0 Å². The molecule has 96 valence electrons. The van der Waals surface area contributed by atoms with Gasteiger partial charge in [-0.1, -0.05) is 6.92 Å². The van der Waals surface area contributed by atoms with E-state index >= 15 is 0 Å². The molecule has 0 aliphatic rings. The number of carbonyl (C=O) groups excluding carboxylic acids is 1. The highest BCUT2D eigenvalue weighted by atomic mass is 32.1. The lowest BCUT2D eigenvalue weighted by atomic mass is 9.89. The van der Waals surface area contributed by atoms with Gasteiger partial charge in [0, 0.05) is 17.9 Å². The molecule has 0 saturated heterocycles. The van der Waals surface area contributed by atoms with Gasteiger partial charge in [-0.15, -0.1) is 0 Å². The van der Waals surface area contributed by atoms with Crippen LogP contribution in [0.25, 0.3) is 0 Å². The Labute approximate surface area is 105 Å². The summed E-state index contributed by atoms with van der Waals surface area (Å²) in [7, 11) is 0. The molecule has 0 heterocycles. The zero-order valence-electron chi connectivity index (χ0n) is 11.0. The molecule has 0 aromatic heterocycles. The quantitative estimate of drug-likeness (QED) is 0.677. The van der Waals surface area contributed by atoms with E-state index in [4.69, 9.17) is 4.74 Å². The molecule has 0 fully saturated rings. The number of rotatable bonds is 7. The van der Waals surface area contributed by atoms with E-state index in [0.717, 1.165) is 0 Å². The van der Waals surface area contributed by atoms with Crippen LogP contribution in [0.1, 0.15) is 41.0 Å². The molecule has 3 nitrogen and oxygen atoms in total. The van der Waals surface area contributed by atoms with E-state index in [1.54, 1.807) is 0 Å². The van der Waals surface area contributed by atoms with Crippen LogP contribution in [0.2, 0.25) is 0 Å². The van der Waals surface area contributed by atoms with Gasteiger partial charge >= 0.3 is 0 Å². The molecule has 0 aromatic rings. The SMILES string of the molecule is CC(C)OCC(C)C(C)(C)NC(=O)CCS. The first-order chi connectivity index (χ1) is 7.29. The highest BCUT2D eigenvalue weighted by Gasteiger charge is 2.27. The second-order valence-electron chi connectivity index (χ2n) is 5.03.